The van der Waals surface area contributed by atoms with Crippen LogP contribution in [0.2, 0.25) is 0 Å². The Morgan fingerprint density at radius 1 is 1.13 bits per heavy atom. The number of rotatable bonds is 7. The van der Waals surface area contributed by atoms with Crippen LogP contribution in [0.25, 0.3) is 6.08 Å². The van der Waals surface area contributed by atoms with Gasteiger partial charge in [-0.3, -0.25) is 14.2 Å². The Kier molecular flexibility index (Phi) is 7.02. The van der Waals surface area contributed by atoms with Crippen molar-refractivity contribution in [3.8, 4) is 5.75 Å². The van der Waals surface area contributed by atoms with Gasteiger partial charge in [-0.15, -0.1) is 0 Å². The molecular weight excluding hydrogens is 500 g/mol. The molecule has 0 bridgehead atoms. The highest BCUT2D eigenvalue weighted by molar-refractivity contribution is 7.07. The third kappa shape index (κ3) is 4.92. The van der Waals surface area contributed by atoms with Crippen molar-refractivity contribution < 1.29 is 13.9 Å². The second-order valence-corrected chi connectivity index (χ2v) is 9.98. The number of benzene rings is 2. The van der Waals surface area contributed by atoms with Gasteiger partial charge >= 0.3 is 0 Å². The van der Waals surface area contributed by atoms with E-state index in [1.54, 1.807) is 17.6 Å². The van der Waals surface area contributed by atoms with Crippen molar-refractivity contribution in [3.05, 3.63) is 109 Å². The number of aromatic nitrogens is 1. The van der Waals surface area contributed by atoms with Crippen molar-refractivity contribution in [2.45, 2.75) is 19.9 Å². The van der Waals surface area contributed by atoms with Crippen LogP contribution in [0.4, 0.5) is 11.6 Å². The lowest BCUT2D eigenvalue weighted by Crippen LogP contribution is -2.40. The first-order valence-electron chi connectivity index (χ1n) is 12.2. The van der Waals surface area contributed by atoms with Crippen molar-refractivity contribution in [2.75, 3.05) is 30.9 Å². The zero-order valence-electron chi connectivity index (χ0n) is 21.6. The first kappa shape index (κ1) is 25.3. The molecular formula is C29H28N4O4S. The van der Waals surface area contributed by atoms with Crippen molar-refractivity contribution in [3.63, 3.8) is 0 Å². The molecule has 3 heterocycles. The second-order valence-electron chi connectivity index (χ2n) is 8.97. The van der Waals surface area contributed by atoms with Crippen molar-refractivity contribution >= 4 is 34.9 Å². The molecule has 1 aliphatic rings. The van der Waals surface area contributed by atoms with Crippen LogP contribution in [0, 0.1) is 0 Å². The van der Waals surface area contributed by atoms with E-state index in [2.05, 4.69) is 10.3 Å². The van der Waals surface area contributed by atoms with E-state index in [1.807, 2.05) is 92.6 Å². The van der Waals surface area contributed by atoms with Crippen LogP contribution in [0.3, 0.4) is 0 Å². The largest absolute Gasteiger partial charge is 0.494 e. The topological polar surface area (TPSA) is 89.1 Å². The van der Waals surface area contributed by atoms with E-state index in [9.17, 15) is 9.59 Å². The summed E-state index contributed by atoms with van der Waals surface area (Å²) in [5.74, 6) is 1.66. The molecule has 0 saturated carbocycles. The zero-order valence-corrected chi connectivity index (χ0v) is 22.4. The molecule has 1 atom stereocenters. The van der Waals surface area contributed by atoms with Crippen LogP contribution >= 0.6 is 11.3 Å². The Morgan fingerprint density at radius 3 is 2.53 bits per heavy atom. The Bertz CT molecular complexity index is 1680. The van der Waals surface area contributed by atoms with E-state index < -0.39 is 6.04 Å². The Balaban J connectivity index is 1.64. The molecule has 0 spiro atoms. The number of nitrogens with one attached hydrogen (secondary N) is 1. The summed E-state index contributed by atoms with van der Waals surface area (Å²) in [6.07, 6.45) is 1.72. The molecule has 1 N–H and O–H groups in total. The summed E-state index contributed by atoms with van der Waals surface area (Å²) in [7, 11) is 3.77. The van der Waals surface area contributed by atoms with E-state index in [-0.39, 0.29) is 11.5 Å². The van der Waals surface area contributed by atoms with Crippen LogP contribution in [0.5, 0.6) is 5.75 Å². The number of carbonyl (C=O) groups excluding carboxylic acids is 1. The third-order valence-electron chi connectivity index (χ3n) is 6.13. The van der Waals surface area contributed by atoms with E-state index in [0.717, 1.165) is 5.56 Å². The predicted octanol–water partition coefficient (Wildman–Crippen LogP) is 3.93. The minimum absolute atomic E-state index is 0.243. The number of allylic oxidation sites excluding steroid dienone is 1. The van der Waals surface area contributed by atoms with Gasteiger partial charge in [0.15, 0.2) is 10.7 Å². The zero-order chi connectivity index (χ0) is 26.8. The molecule has 0 saturated heterocycles. The monoisotopic (exact) mass is 528 g/mol. The quantitative estimate of drug-likeness (QED) is 0.393. The summed E-state index contributed by atoms with van der Waals surface area (Å²) in [5.41, 5.74) is 2.16. The fourth-order valence-electron chi connectivity index (χ4n) is 4.35. The molecule has 0 aliphatic carbocycles. The summed E-state index contributed by atoms with van der Waals surface area (Å²) in [4.78, 5) is 34.5. The van der Waals surface area contributed by atoms with Gasteiger partial charge in [-0.25, -0.2) is 4.99 Å². The number of anilines is 2. The van der Waals surface area contributed by atoms with Crippen molar-refractivity contribution in [2.24, 2.45) is 4.99 Å². The molecule has 38 heavy (non-hydrogen) atoms. The Labute approximate surface area is 223 Å². The van der Waals surface area contributed by atoms with Crippen LogP contribution in [-0.4, -0.2) is 31.2 Å². The molecule has 1 aliphatic heterocycles. The fourth-order valence-corrected chi connectivity index (χ4v) is 5.38. The van der Waals surface area contributed by atoms with Gasteiger partial charge < -0.3 is 19.4 Å². The van der Waals surface area contributed by atoms with Gasteiger partial charge in [-0.2, -0.15) is 0 Å². The van der Waals surface area contributed by atoms with Crippen LogP contribution < -0.4 is 29.8 Å². The Hall–Kier alpha value is -4.37. The average Bonchev–Trinajstić information content (AvgIpc) is 3.49. The van der Waals surface area contributed by atoms with Gasteiger partial charge in [0.05, 0.1) is 28.5 Å². The maximum absolute atomic E-state index is 13.8. The van der Waals surface area contributed by atoms with E-state index in [0.29, 0.717) is 50.3 Å². The number of carbonyl (C=O) groups is 1. The average molecular weight is 529 g/mol. The molecule has 2 aromatic heterocycles. The lowest BCUT2D eigenvalue weighted by Gasteiger charge is -2.25. The van der Waals surface area contributed by atoms with Gasteiger partial charge in [0.2, 0.25) is 0 Å². The standard InChI is InChI=1S/C29H28N4O4S/c1-5-36-21-13-11-19(12-14-21)26-25(27(34)31-20-9-7-6-8-10-20)18(2)30-29-33(26)28(35)23(38-29)17-22-15-16-24(37-22)32(3)4/h6-17,26H,5H2,1-4H3,(H,31,34)/b23-17-/t26-/m1/s1. The normalized spacial score (nSPS) is 15.2. The third-order valence-corrected chi connectivity index (χ3v) is 7.11. The smallest absolute Gasteiger partial charge is 0.271 e. The van der Waals surface area contributed by atoms with Gasteiger partial charge in [-0.1, -0.05) is 41.7 Å². The molecule has 194 valence electrons. The summed E-state index contributed by atoms with van der Waals surface area (Å²) >= 11 is 1.27. The number of nitrogens with zero attached hydrogens (tertiary/aromatic N) is 3. The maximum atomic E-state index is 13.8. The molecule has 2 aromatic carbocycles. The van der Waals surface area contributed by atoms with Gasteiger partial charge in [0.1, 0.15) is 11.5 Å². The van der Waals surface area contributed by atoms with Gasteiger partial charge in [-0.05, 0) is 49.7 Å². The lowest BCUT2D eigenvalue weighted by atomic mass is 9.95. The number of ether oxygens (including phenoxy) is 1. The highest BCUT2D eigenvalue weighted by Crippen LogP contribution is 2.31. The molecule has 4 aromatic rings. The highest BCUT2D eigenvalue weighted by Gasteiger charge is 2.32. The van der Waals surface area contributed by atoms with E-state index in [1.165, 1.54) is 11.3 Å². The molecule has 5 rings (SSSR count). The highest BCUT2D eigenvalue weighted by atomic mass is 32.1. The first-order valence-corrected chi connectivity index (χ1v) is 13.1. The molecule has 9 heteroatoms. The first-order chi connectivity index (χ1) is 18.4. The number of para-hydroxylation sites is 1. The van der Waals surface area contributed by atoms with Crippen LogP contribution in [-0.2, 0) is 4.79 Å². The molecule has 8 nitrogen and oxygen atoms in total. The van der Waals surface area contributed by atoms with E-state index >= 15 is 0 Å². The number of fused-ring (bicyclic) bond motifs is 1. The van der Waals surface area contributed by atoms with Crippen LogP contribution in [0.1, 0.15) is 31.2 Å². The maximum Gasteiger partial charge on any atom is 0.271 e. The van der Waals surface area contributed by atoms with E-state index in [4.69, 9.17) is 9.15 Å². The number of hydrogen-bond donors (Lipinski definition) is 1. The summed E-state index contributed by atoms with van der Waals surface area (Å²) in [6.45, 7) is 4.26. The summed E-state index contributed by atoms with van der Waals surface area (Å²) in [6, 6.07) is 19.7. The fraction of sp³-hybridized carbons (Fsp3) is 0.207. The number of amides is 1. The molecule has 0 radical (unpaired) electrons. The van der Waals surface area contributed by atoms with Gasteiger partial charge in [0.25, 0.3) is 11.5 Å². The lowest BCUT2D eigenvalue weighted by molar-refractivity contribution is -0.113. The number of furan rings is 1. The summed E-state index contributed by atoms with van der Waals surface area (Å²) < 4.78 is 13.5. The minimum Gasteiger partial charge on any atom is -0.494 e. The SMILES string of the molecule is CCOc1ccc([C@@H]2C(C(=O)Nc3ccccc3)=C(C)N=c3s/c(=C\c4ccc(N(C)C)o4)c(=O)n32)cc1. The second kappa shape index (κ2) is 10.5. The van der Waals surface area contributed by atoms with Gasteiger partial charge in [0, 0.05) is 31.9 Å². The number of hydrogen-bond acceptors (Lipinski definition) is 7. The Morgan fingerprint density at radius 2 is 1.87 bits per heavy atom. The van der Waals surface area contributed by atoms with Crippen LogP contribution in [0.15, 0.2) is 92.2 Å². The minimum atomic E-state index is -0.665. The molecule has 0 unspecified atom stereocenters. The summed E-state index contributed by atoms with van der Waals surface area (Å²) in [5, 5.41) is 2.96. The van der Waals surface area contributed by atoms with Crippen molar-refractivity contribution in [1.29, 1.82) is 0 Å². The van der Waals surface area contributed by atoms with Crippen molar-refractivity contribution in [1.82, 2.24) is 4.57 Å². The predicted molar refractivity (Wildman–Crippen MR) is 149 cm³/mol. The molecule has 1 amide bonds. The molecule has 0 fully saturated rings. The number of thiazole rings is 1.